The molecule has 0 unspecified atom stereocenters. The fraction of sp³-hybridized carbons (Fsp3) is 0.111. The number of carbonyl (C=O) groups is 2. The van der Waals surface area contributed by atoms with Gasteiger partial charge < -0.3 is 4.74 Å². The van der Waals surface area contributed by atoms with E-state index >= 15 is 0 Å². The summed E-state index contributed by atoms with van der Waals surface area (Å²) in [5.41, 5.74) is 2.58. The highest BCUT2D eigenvalue weighted by molar-refractivity contribution is 5.94. The van der Waals surface area contributed by atoms with Gasteiger partial charge in [-0.1, -0.05) is 30.3 Å². The number of aromatic nitrogens is 3. The lowest BCUT2D eigenvalue weighted by Gasteiger charge is -2.00. The quantitative estimate of drug-likeness (QED) is 0.533. The second-order valence-corrected chi connectivity index (χ2v) is 4.98. The first-order valence-electron chi connectivity index (χ1n) is 7.48. The summed E-state index contributed by atoms with van der Waals surface area (Å²) >= 11 is 0. The Morgan fingerprint density at radius 1 is 1.08 bits per heavy atom. The molecule has 6 nitrogen and oxygen atoms in total. The third-order valence-electron chi connectivity index (χ3n) is 3.39. The predicted molar refractivity (Wildman–Crippen MR) is 88.1 cm³/mol. The van der Waals surface area contributed by atoms with Crippen molar-refractivity contribution in [2.24, 2.45) is 0 Å². The Kier molecular flexibility index (Phi) is 4.47. The number of carbonyl (C=O) groups excluding carboxylic acids is 2. The Morgan fingerprint density at radius 3 is 2.42 bits per heavy atom. The van der Waals surface area contributed by atoms with Crippen LogP contribution < -0.4 is 0 Å². The molecule has 2 aromatic carbocycles. The molecular formula is C18H15N3O3. The first-order chi connectivity index (χ1) is 11.7. The van der Waals surface area contributed by atoms with Crippen LogP contribution in [0.3, 0.4) is 0 Å². The molecule has 0 aliphatic rings. The second-order valence-electron chi connectivity index (χ2n) is 4.98. The van der Waals surface area contributed by atoms with Crippen molar-refractivity contribution in [1.82, 2.24) is 15.0 Å². The van der Waals surface area contributed by atoms with E-state index in [4.69, 9.17) is 4.74 Å². The molecule has 0 atom stereocenters. The summed E-state index contributed by atoms with van der Waals surface area (Å²) in [6.07, 6.45) is 0.764. The van der Waals surface area contributed by atoms with E-state index in [-0.39, 0.29) is 12.3 Å². The van der Waals surface area contributed by atoms with Crippen LogP contribution in [-0.2, 0) is 4.74 Å². The Balaban J connectivity index is 2.08. The molecule has 0 saturated carbocycles. The summed E-state index contributed by atoms with van der Waals surface area (Å²) in [7, 11) is 0. The monoisotopic (exact) mass is 321 g/mol. The average molecular weight is 321 g/mol. The first kappa shape index (κ1) is 15.6. The maximum absolute atomic E-state index is 12.2. The first-order valence-corrected chi connectivity index (χ1v) is 7.48. The summed E-state index contributed by atoms with van der Waals surface area (Å²) < 4.78 is 5.07. The molecule has 0 spiro atoms. The van der Waals surface area contributed by atoms with Gasteiger partial charge in [-0.2, -0.15) is 4.80 Å². The topological polar surface area (TPSA) is 74.1 Å². The second kappa shape index (κ2) is 6.87. The van der Waals surface area contributed by atoms with E-state index < -0.39 is 5.97 Å². The van der Waals surface area contributed by atoms with Gasteiger partial charge in [-0.3, -0.25) is 4.79 Å². The maximum atomic E-state index is 12.2. The molecule has 0 saturated heterocycles. The van der Waals surface area contributed by atoms with Crippen LogP contribution in [0, 0.1) is 0 Å². The molecule has 120 valence electrons. The average Bonchev–Trinajstić information content (AvgIpc) is 3.08. The molecule has 0 fully saturated rings. The number of rotatable bonds is 5. The van der Waals surface area contributed by atoms with Crippen molar-refractivity contribution >= 4 is 12.3 Å². The highest BCUT2D eigenvalue weighted by atomic mass is 16.5. The van der Waals surface area contributed by atoms with Crippen LogP contribution in [0.25, 0.3) is 16.9 Å². The van der Waals surface area contributed by atoms with Gasteiger partial charge in [0.25, 0.3) is 0 Å². The van der Waals surface area contributed by atoms with Crippen LogP contribution in [0.4, 0.5) is 0 Å². The smallest absolute Gasteiger partial charge is 0.361 e. The van der Waals surface area contributed by atoms with Crippen molar-refractivity contribution in [3.8, 4) is 16.9 Å². The molecule has 3 rings (SSSR count). The van der Waals surface area contributed by atoms with Crippen molar-refractivity contribution in [2.45, 2.75) is 6.92 Å². The summed E-state index contributed by atoms with van der Waals surface area (Å²) in [6, 6.07) is 16.1. The van der Waals surface area contributed by atoms with E-state index in [0.29, 0.717) is 16.9 Å². The zero-order chi connectivity index (χ0) is 16.9. The van der Waals surface area contributed by atoms with Crippen LogP contribution >= 0.6 is 0 Å². The molecule has 0 amide bonds. The zero-order valence-corrected chi connectivity index (χ0v) is 13.0. The molecule has 6 heteroatoms. The largest absolute Gasteiger partial charge is 0.461 e. The molecule has 24 heavy (non-hydrogen) atoms. The highest BCUT2D eigenvalue weighted by Gasteiger charge is 2.21. The minimum atomic E-state index is -0.521. The summed E-state index contributed by atoms with van der Waals surface area (Å²) in [4.78, 5) is 24.3. The van der Waals surface area contributed by atoms with Gasteiger partial charge >= 0.3 is 5.97 Å². The van der Waals surface area contributed by atoms with Crippen molar-refractivity contribution in [3.05, 3.63) is 65.9 Å². The lowest BCUT2D eigenvalue weighted by molar-refractivity contribution is 0.0519. The van der Waals surface area contributed by atoms with Crippen LogP contribution in [-0.4, -0.2) is 33.9 Å². The van der Waals surface area contributed by atoms with Gasteiger partial charge in [0.05, 0.1) is 12.3 Å². The number of hydrogen-bond acceptors (Lipinski definition) is 5. The fourth-order valence-corrected chi connectivity index (χ4v) is 2.24. The van der Waals surface area contributed by atoms with E-state index in [1.165, 1.54) is 4.80 Å². The van der Waals surface area contributed by atoms with Crippen molar-refractivity contribution in [3.63, 3.8) is 0 Å². The molecule has 1 aromatic heterocycles. The van der Waals surface area contributed by atoms with Gasteiger partial charge in [0.2, 0.25) is 0 Å². The molecule has 1 heterocycles. The van der Waals surface area contributed by atoms with Crippen molar-refractivity contribution in [2.75, 3.05) is 6.61 Å². The number of benzene rings is 2. The molecular weight excluding hydrogens is 306 g/mol. The molecule has 0 N–H and O–H groups in total. The third-order valence-corrected chi connectivity index (χ3v) is 3.39. The van der Waals surface area contributed by atoms with Gasteiger partial charge in [0.15, 0.2) is 5.69 Å². The Hall–Kier alpha value is -3.28. The third kappa shape index (κ3) is 3.08. The SMILES string of the molecule is CCOC(=O)c1nn(-c2ccc(C=O)cc2)nc1-c1ccccc1. The van der Waals surface area contributed by atoms with Gasteiger partial charge in [0, 0.05) is 11.1 Å². The maximum Gasteiger partial charge on any atom is 0.361 e. The zero-order valence-electron chi connectivity index (χ0n) is 13.0. The predicted octanol–water partition coefficient (Wildman–Crippen LogP) is 2.92. The van der Waals surface area contributed by atoms with E-state index in [1.54, 1.807) is 31.2 Å². The fourth-order valence-electron chi connectivity index (χ4n) is 2.24. The van der Waals surface area contributed by atoms with Crippen molar-refractivity contribution < 1.29 is 14.3 Å². The lowest BCUT2D eigenvalue weighted by atomic mass is 10.1. The Labute approximate surface area is 138 Å². The molecule has 0 aliphatic carbocycles. The van der Waals surface area contributed by atoms with Gasteiger partial charge in [-0.05, 0) is 31.2 Å². The molecule has 0 bridgehead atoms. The summed E-state index contributed by atoms with van der Waals surface area (Å²) in [6.45, 7) is 2.00. The van der Waals surface area contributed by atoms with Gasteiger partial charge in [-0.15, -0.1) is 10.2 Å². The minimum absolute atomic E-state index is 0.155. The molecule has 0 radical (unpaired) electrons. The standard InChI is InChI=1S/C18H15N3O3/c1-2-24-18(23)17-16(14-6-4-3-5-7-14)19-21(20-17)15-10-8-13(12-22)9-11-15/h3-12H,2H2,1H3. The normalized spacial score (nSPS) is 10.4. The van der Waals surface area contributed by atoms with Crippen LogP contribution in [0.2, 0.25) is 0 Å². The van der Waals surface area contributed by atoms with Crippen LogP contribution in [0.15, 0.2) is 54.6 Å². The number of ether oxygens (including phenoxy) is 1. The van der Waals surface area contributed by atoms with E-state index in [0.717, 1.165) is 11.8 Å². The number of hydrogen-bond donors (Lipinski definition) is 0. The van der Waals surface area contributed by atoms with Crippen molar-refractivity contribution in [1.29, 1.82) is 0 Å². The molecule has 3 aromatic rings. The highest BCUT2D eigenvalue weighted by Crippen LogP contribution is 2.22. The van der Waals surface area contributed by atoms with E-state index in [1.807, 2.05) is 30.3 Å². The lowest BCUT2D eigenvalue weighted by Crippen LogP contribution is -2.07. The summed E-state index contributed by atoms with van der Waals surface area (Å²) in [5, 5.41) is 8.70. The van der Waals surface area contributed by atoms with Crippen LogP contribution in [0.5, 0.6) is 0 Å². The van der Waals surface area contributed by atoms with Gasteiger partial charge in [0.1, 0.15) is 12.0 Å². The molecule has 0 aliphatic heterocycles. The number of aldehydes is 1. The van der Waals surface area contributed by atoms with Crippen LogP contribution in [0.1, 0.15) is 27.8 Å². The minimum Gasteiger partial charge on any atom is -0.461 e. The van der Waals surface area contributed by atoms with Gasteiger partial charge in [-0.25, -0.2) is 4.79 Å². The Morgan fingerprint density at radius 2 is 1.79 bits per heavy atom. The number of esters is 1. The van der Waals surface area contributed by atoms with E-state index in [2.05, 4.69) is 10.2 Å². The van der Waals surface area contributed by atoms with E-state index in [9.17, 15) is 9.59 Å². The Bertz CT molecular complexity index is 855. The summed E-state index contributed by atoms with van der Waals surface area (Å²) in [5.74, 6) is -0.521. The number of nitrogens with zero attached hydrogens (tertiary/aromatic N) is 3.